The summed E-state index contributed by atoms with van der Waals surface area (Å²) in [5.41, 5.74) is 14.9. The third-order valence-corrected chi connectivity index (χ3v) is 7.08. The molecule has 4 rings (SSSR count). The summed E-state index contributed by atoms with van der Waals surface area (Å²) in [5, 5.41) is 23.7. The van der Waals surface area contributed by atoms with Crippen molar-refractivity contribution >= 4 is 66.6 Å². The van der Waals surface area contributed by atoms with Gasteiger partial charge in [-0.3, -0.25) is 9.59 Å². The van der Waals surface area contributed by atoms with Gasteiger partial charge in [-0.05, 0) is 48.5 Å². The number of carbonyl (C=O) groups excluding carboxylic acids is 2. The molecule has 156 valence electrons. The molecule has 0 atom stereocenters. The van der Waals surface area contributed by atoms with E-state index < -0.39 is 11.8 Å². The van der Waals surface area contributed by atoms with Crippen molar-refractivity contribution in [2.45, 2.75) is 0 Å². The number of hydrogen-bond donors (Lipinski definition) is 4. The maximum absolute atomic E-state index is 12.7. The summed E-state index contributed by atoms with van der Waals surface area (Å²) in [4.78, 5) is 26.0. The van der Waals surface area contributed by atoms with E-state index in [0.29, 0.717) is 41.7 Å². The van der Waals surface area contributed by atoms with Gasteiger partial charge in [0.15, 0.2) is 0 Å². The number of hydrogen-bond acceptors (Lipinski definition) is 8. The molecule has 10 heteroatoms. The molecule has 0 radical (unpaired) electrons. The van der Waals surface area contributed by atoms with E-state index in [9.17, 15) is 9.59 Å². The van der Waals surface area contributed by atoms with Crippen LogP contribution in [-0.4, -0.2) is 11.8 Å². The molecule has 8 nitrogen and oxygen atoms in total. The fraction of sp³-hybridized carbons (Fsp3) is 0. The first-order chi connectivity index (χ1) is 15.4. The molecule has 2 aromatic carbocycles. The third-order valence-electron chi connectivity index (χ3n) is 4.58. The quantitative estimate of drug-likeness (QED) is 0.355. The van der Waals surface area contributed by atoms with E-state index in [-0.39, 0.29) is 11.4 Å². The molecular weight excluding hydrogens is 444 g/mol. The summed E-state index contributed by atoms with van der Waals surface area (Å²) in [5.74, 6) is -0.799. The van der Waals surface area contributed by atoms with Crippen molar-refractivity contribution in [1.82, 2.24) is 0 Å². The zero-order valence-electron chi connectivity index (χ0n) is 16.3. The zero-order chi connectivity index (χ0) is 22.8. The Bertz CT molecular complexity index is 1330. The lowest BCUT2D eigenvalue weighted by molar-refractivity contribution is 0.102. The van der Waals surface area contributed by atoms with Crippen LogP contribution in [0.25, 0.3) is 9.40 Å². The van der Waals surface area contributed by atoms with Gasteiger partial charge in [-0.25, -0.2) is 0 Å². The molecule has 32 heavy (non-hydrogen) atoms. The monoisotopic (exact) mass is 458 g/mol. The number of nitrogens with zero attached hydrogens (tertiary/aromatic N) is 2. The van der Waals surface area contributed by atoms with Crippen LogP contribution in [0.2, 0.25) is 0 Å². The molecule has 0 fully saturated rings. The Morgan fingerprint density at radius 1 is 0.719 bits per heavy atom. The Kier molecular flexibility index (Phi) is 5.48. The average molecular weight is 459 g/mol. The number of carbonyl (C=O) groups is 2. The van der Waals surface area contributed by atoms with Gasteiger partial charge in [0.25, 0.3) is 11.8 Å². The highest BCUT2D eigenvalue weighted by Gasteiger charge is 2.25. The van der Waals surface area contributed by atoms with Gasteiger partial charge in [0.2, 0.25) is 0 Å². The first-order valence-electron chi connectivity index (χ1n) is 9.14. The van der Waals surface area contributed by atoms with Crippen LogP contribution in [-0.2, 0) is 0 Å². The molecule has 0 saturated carbocycles. The van der Waals surface area contributed by atoms with E-state index in [2.05, 4.69) is 10.6 Å². The van der Waals surface area contributed by atoms with Crippen LogP contribution >= 0.6 is 22.7 Å². The highest BCUT2D eigenvalue weighted by Crippen LogP contribution is 2.45. The average Bonchev–Trinajstić information content (AvgIpc) is 3.31. The SMILES string of the molecule is N#Cc1ccc(NC(=O)c2sc3sc(C(=O)Nc4ccc(C#N)cc4)c(N)c3c2N)cc1. The lowest BCUT2D eigenvalue weighted by Crippen LogP contribution is -2.13. The lowest BCUT2D eigenvalue weighted by atomic mass is 10.2. The number of benzene rings is 2. The normalized spacial score (nSPS) is 10.3. The first-order valence-corrected chi connectivity index (χ1v) is 10.8. The Hall–Kier alpha value is -4.38. The number of thiophene rings is 2. The number of rotatable bonds is 4. The van der Waals surface area contributed by atoms with Crippen LogP contribution in [0.1, 0.15) is 30.5 Å². The van der Waals surface area contributed by atoms with E-state index in [1.165, 1.54) is 0 Å². The summed E-state index contributed by atoms with van der Waals surface area (Å²) < 4.78 is 0.662. The molecule has 2 aromatic heterocycles. The van der Waals surface area contributed by atoms with Crippen LogP contribution in [0.15, 0.2) is 48.5 Å². The second-order valence-electron chi connectivity index (χ2n) is 6.64. The highest BCUT2D eigenvalue weighted by molar-refractivity contribution is 7.40. The van der Waals surface area contributed by atoms with Gasteiger partial charge < -0.3 is 22.1 Å². The summed E-state index contributed by atoms with van der Waals surface area (Å²) in [6, 6.07) is 16.9. The molecule has 0 aliphatic heterocycles. The highest BCUT2D eigenvalue weighted by atomic mass is 32.2. The van der Waals surface area contributed by atoms with Crippen molar-refractivity contribution in [3.8, 4) is 12.1 Å². The second kappa shape index (κ2) is 8.40. The van der Waals surface area contributed by atoms with Crippen molar-refractivity contribution in [2.75, 3.05) is 22.1 Å². The van der Waals surface area contributed by atoms with Crippen molar-refractivity contribution < 1.29 is 9.59 Å². The number of amides is 2. The number of nitrogen functional groups attached to an aromatic ring is 2. The number of nitrogens with two attached hydrogens (primary N) is 2. The molecule has 0 aliphatic rings. The van der Waals surface area contributed by atoms with Crippen molar-refractivity contribution in [1.29, 1.82) is 10.5 Å². The molecule has 2 heterocycles. The molecule has 0 unspecified atom stereocenters. The van der Waals surface area contributed by atoms with Gasteiger partial charge in [-0.15, -0.1) is 22.7 Å². The fourth-order valence-corrected chi connectivity index (χ4v) is 5.37. The zero-order valence-corrected chi connectivity index (χ0v) is 17.9. The Balaban J connectivity index is 1.57. The largest absolute Gasteiger partial charge is 0.397 e. The van der Waals surface area contributed by atoms with Crippen LogP contribution < -0.4 is 22.1 Å². The van der Waals surface area contributed by atoms with E-state index in [0.717, 1.165) is 22.7 Å². The minimum Gasteiger partial charge on any atom is -0.397 e. The maximum Gasteiger partial charge on any atom is 0.267 e. The predicted octanol–water partition coefficient (Wildman–Crippen LogP) is 4.38. The van der Waals surface area contributed by atoms with Crippen molar-refractivity contribution in [3.63, 3.8) is 0 Å². The van der Waals surface area contributed by atoms with Gasteiger partial charge >= 0.3 is 0 Å². The molecule has 0 bridgehead atoms. The smallest absolute Gasteiger partial charge is 0.267 e. The molecule has 2 amide bonds. The molecule has 6 N–H and O–H groups in total. The lowest BCUT2D eigenvalue weighted by Gasteiger charge is -2.06. The van der Waals surface area contributed by atoms with E-state index >= 15 is 0 Å². The molecule has 0 aliphatic carbocycles. The Morgan fingerprint density at radius 3 is 1.41 bits per heavy atom. The van der Waals surface area contributed by atoms with Crippen LogP contribution in [0.4, 0.5) is 22.7 Å². The third kappa shape index (κ3) is 3.84. The van der Waals surface area contributed by atoms with Gasteiger partial charge in [0.05, 0.1) is 44.0 Å². The van der Waals surface area contributed by atoms with Gasteiger partial charge in [0.1, 0.15) is 9.75 Å². The summed E-state index contributed by atoms with van der Waals surface area (Å²) in [6.45, 7) is 0. The van der Waals surface area contributed by atoms with E-state index in [1.54, 1.807) is 48.5 Å². The molecular formula is C22H14N6O2S2. The predicted molar refractivity (Wildman–Crippen MR) is 127 cm³/mol. The Morgan fingerprint density at radius 2 is 1.09 bits per heavy atom. The number of fused-ring (bicyclic) bond motifs is 1. The van der Waals surface area contributed by atoms with Crippen LogP contribution in [0.3, 0.4) is 0 Å². The number of anilines is 4. The molecule has 4 aromatic rings. The van der Waals surface area contributed by atoms with Gasteiger partial charge in [-0.1, -0.05) is 0 Å². The molecule has 0 spiro atoms. The standard InChI is InChI=1S/C22H14N6O2S2/c23-9-11-1-5-13(6-2-11)27-20(29)18-16(25)15-17(26)19(32-22(15)31-18)21(30)28-14-7-3-12(10-24)4-8-14/h1-8H,25-26H2,(H,27,29)(H,28,30). The molecule has 0 saturated heterocycles. The first kappa shape index (κ1) is 20.9. The minimum absolute atomic E-state index is 0.210. The van der Waals surface area contributed by atoms with Crippen LogP contribution in [0.5, 0.6) is 0 Å². The van der Waals surface area contributed by atoms with E-state index in [1.807, 2.05) is 12.1 Å². The fourth-order valence-electron chi connectivity index (χ4n) is 2.98. The van der Waals surface area contributed by atoms with Gasteiger partial charge in [-0.2, -0.15) is 10.5 Å². The van der Waals surface area contributed by atoms with Gasteiger partial charge in [0, 0.05) is 11.4 Å². The maximum atomic E-state index is 12.7. The number of nitriles is 2. The van der Waals surface area contributed by atoms with E-state index in [4.69, 9.17) is 22.0 Å². The number of nitrogens with one attached hydrogen (secondary N) is 2. The second-order valence-corrected chi connectivity index (χ2v) is 8.94. The van der Waals surface area contributed by atoms with Crippen molar-refractivity contribution in [3.05, 3.63) is 69.4 Å². The summed E-state index contributed by atoms with van der Waals surface area (Å²) >= 11 is 2.31. The topological polar surface area (TPSA) is 158 Å². The summed E-state index contributed by atoms with van der Waals surface area (Å²) in [6.07, 6.45) is 0. The minimum atomic E-state index is -0.399. The summed E-state index contributed by atoms with van der Waals surface area (Å²) in [7, 11) is 0. The van der Waals surface area contributed by atoms with Crippen molar-refractivity contribution in [2.24, 2.45) is 0 Å². The van der Waals surface area contributed by atoms with Crippen LogP contribution in [0, 0.1) is 22.7 Å². The Labute approximate surface area is 190 Å².